The van der Waals surface area contributed by atoms with E-state index >= 15 is 0 Å². The van der Waals surface area contributed by atoms with E-state index in [1.807, 2.05) is 57.2 Å². The van der Waals surface area contributed by atoms with Crippen LogP contribution in [0.15, 0.2) is 72.8 Å². The molecule has 37 heavy (non-hydrogen) atoms. The zero-order chi connectivity index (χ0) is 27.2. The molecular formula is C33H40O4. The Balaban J connectivity index is 1.67. The number of ketones is 1. The maximum atomic E-state index is 12.8. The molecule has 0 aliphatic rings. The average Bonchev–Trinajstić information content (AvgIpc) is 2.93. The molecule has 0 spiro atoms. The summed E-state index contributed by atoms with van der Waals surface area (Å²) in [5.74, 6) is 1.06. The fourth-order valence-corrected chi connectivity index (χ4v) is 4.03. The Hall–Kier alpha value is -3.40. The van der Waals surface area contributed by atoms with Gasteiger partial charge in [0, 0.05) is 16.9 Å². The Kier molecular flexibility index (Phi) is 8.96. The number of carbonyl (C=O) groups is 2. The number of carbonyl (C=O) groups excluding carboxylic acids is 2. The zero-order valence-electron chi connectivity index (χ0n) is 23.3. The van der Waals surface area contributed by atoms with Gasteiger partial charge in [-0.05, 0) is 73.7 Å². The summed E-state index contributed by atoms with van der Waals surface area (Å²) in [6.45, 7) is 14.4. The van der Waals surface area contributed by atoms with Crippen LogP contribution in [0.5, 0.6) is 11.5 Å². The van der Waals surface area contributed by atoms with Gasteiger partial charge in [-0.1, -0.05) is 77.9 Å². The molecule has 0 heterocycles. The van der Waals surface area contributed by atoms with Crippen molar-refractivity contribution < 1.29 is 19.1 Å². The summed E-state index contributed by atoms with van der Waals surface area (Å²) in [5, 5.41) is 0. The van der Waals surface area contributed by atoms with Crippen LogP contribution in [0.25, 0.3) is 0 Å². The first-order chi connectivity index (χ1) is 17.5. The van der Waals surface area contributed by atoms with Gasteiger partial charge in [-0.15, -0.1) is 0 Å². The van der Waals surface area contributed by atoms with Crippen molar-refractivity contribution in [1.29, 1.82) is 0 Å². The summed E-state index contributed by atoms with van der Waals surface area (Å²) in [6, 6.07) is 22.6. The maximum absolute atomic E-state index is 12.8. The van der Waals surface area contributed by atoms with Crippen LogP contribution in [0.3, 0.4) is 0 Å². The summed E-state index contributed by atoms with van der Waals surface area (Å²) >= 11 is 0. The molecule has 3 aromatic rings. The summed E-state index contributed by atoms with van der Waals surface area (Å²) in [5.41, 5.74) is 2.56. The lowest BCUT2D eigenvalue weighted by molar-refractivity contribution is 0.0734. The Morgan fingerprint density at radius 2 is 1.24 bits per heavy atom. The van der Waals surface area contributed by atoms with Crippen LogP contribution in [0, 0.1) is 5.41 Å². The van der Waals surface area contributed by atoms with Gasteiger partial charge in [-0.2, -0.15) is 0 Å². The third-order valence-corrected chi connectivity index (χ3v) is 7.69. The second-order valence-electron chi connectivity index (χ2n) is 10.7. The van der Waals surface area contributed by atoms with Crippen LogP contribution in [-0.2, 0) is 0 Å². The molecule has 1 unspecified atom stereocenters. The van der Waals surface area contributed by atoms with E-state index in [9.17, 15) is 9.59 Å². The van der Waals surface area contributed by atoms with Gasteiger partial charge in [0.1, 0.15) is 17.1 Å². The Morgan fingerprint density at radius 3 is 1.76 bits per heavy atom. The lowest BCUT2D eigenvalue weighted by Crippen LogP contribution is -2.30. The highest BCUT2D eigenvalue weighted by Gasteiger charge is 2.27. The van der Waals surface area contributed by atoms with E-state index in [4.69, 9.17) is 9.47 Å². The number of benzene rings is 3. The van der Waals surface area contributed by atoms with Crippen molar-refractivity contribution in [2.24, 2.45) is 5.41 Å². The van der Waals surface area contributed by atoms with Crippen LogP contribution in [0.1, 0.15) is 105 Å². The number of hydrogen-bond donors (Lipinski definition) is 0. The van der Waals surface area contributed by atoms with Crippen LogP contribution < -0.4 is 9.47 Å². The quantitative estimate of drug-likeness (QED) is 0.150. The molecule has 0 saturated heterocycles. The number of ether oxygens (including phenoxy) is 2. The molecule has 0 radical (unpaired) electrons. The Labute approximate surface area is 222 Å². The molecule has 0 saturated carbocycles. The predicted octanol–water partition coefficient (Wildman–Crippen LogP) is 8.63. The second-order valence-corrected chi connectivity index (χ2v) is 10.7. The molecule has 0 aliphatic carbocycles. The summed E-state index contributed by atoms with van der Waals surface area (Å²) in [7, 11) is 0. The van der Waals surface area contributed by atoms with E-state index in [1.54, 1.807) is 24.3 Å². The summed E-state index contributed by atoms with van der Waals surface area (Å²) in [4.78, 5) is 25.6. The summed E-state index contributed by atoms with van der Waals surface area (Å²) < 4.78 is 11.8. The monoisotopic (exact) mass is 500 g/mol. The third-order valence-electron chi connectivity index (χ3n) is 7.69. The zero-order valence-corrected chi connectivity index (χ0v) is 23.3. The molecule has 1 atom stereocenters. The van der Waals surface area contributed by atoms with Crippen LogP contribution in [-0.4, -0.2) is 17.4 Å². The molecule has 0 N–H and O–H groups in total. The third kappa shape index (κ3) is 6.88. The van der Waals surface area contributed by atoms with Gasteiger partial charge in [-0.3, -0.25) is 4.79 Å². The van der Waals surface area contributed by atoms with E-state index in [2.05, 4.69) is 39.8 Å². The van der Waals surface area contributed by atoms with Gasteiger partial charge in [0.25, 0.3) is 0 Å². The SMILES string of the molecule is CCC(C)(CC)Oc1ccc(C(C)c2ccc(OC(=O)c3cccc(C(=O)C(C)(C)CC)c3)cc2)cc1. The van der Waals surface area contributed by atoms with Crippen molar-refractivity contribution in [3.8, 4) is 11.5 Å². The Morgan fingerprint density at radius 1 is 0.730 bits per heavy atom. The molecule has 0 bridgehead atoms. The molecule has 4 heteroatoms. The molecule has 3 aromatic carbocycles. The molecule has 0 aromatic heterocycles. The number of hydrogen-bond acceptors (Lipinski definition) is 4. The van der Waals surface area contributed by atoms with Crippen molar-refractivity contribution in [3.63, 3.8) is 0 Å². The first-order valence-corrected chi connectivity index (χ1v) is 13.3. The lowest BCUT2D eigenvalue weighted by atomic mass is 9.82. The minimum Gasteiger partial charge on any atom is -0.488 e. The topological polar surface area (TPSA) is 52.6 Å². The van der Waals surface area contributed by atoms with Gasteiger partial charge in [0.15, 0.2) is 5.78 Å². The minimum absolute atomic E-state index is 0.0207. The standard InChI is InChI=1S/C33H40O4/c1-8-32(5,6)30(34)26-12-11-13-27(22-26)31(35)36-28-18-14-24(15-19-28)23(4)25-16-20-29(21-17-25)37-33(7,9-2)10-3/h11-23H,8-10H2,1-7H3. The van der Waals surface area contributed by atoms with Gasteiger partial charge in [0.05, 0.1) is 5.56 Å². The smallest absolute Gasteiger partial charge is 0.343 e. The van der Waals surface area contributed by atoms with Crippen LogP contribution >= 0.6 is 0 Å². The highest BCUT2D eigenvalue weighted by Crippen LogP contribution is 2.30. The van der Waals surface area contributed by atoms with E-state index in [0.717, 1.165) is 30.6 Å². The summed E-state index contributed by atoms with van der Waals surface area (Å²) in [6.07, 6.45) is 2.64. The predicted molar refractivity (Wildman–Crippen MR) is 150 cm³/mol. The van der Waals surface area contributed by atoms with E-state index < -0.39 is 11.4 Å². The van der Waals surface area contributed by atoms with E-state index in [1.165, 1.54) is 5.56 Å². The molecular weight excluding hydrogens is 460 g/mol. The van der Waals surface area contributed by atoms with Crippen molar-refractivity contribution in [1.82, 2.24) is 0 Å². The number of esters is 1. The lowest BCUT2D eigenvalue weighted by Gasteiger charge is -2.28. The molecule has 196 valence electrons. The second kappa shape index (κ2) is 11.8. The number of rotatable bonds is 11. The molecule has 0 amide bonds. The first-order valence-electron chi connectivity index (χ1n) is 13.3. The van der Waals surface area contributed by atoms with Gasteiger partial charge in [-0.25, -0.2) is 4.79 Å². The minimum atomic E-state index is -0.480. The maximum Gasteiger partial charge on any atom is 0.343 e. The fourth-order valence-electron chi connectivity index (χ4n) is 4.03. The first kappa shape index (κ1) is 28.2. The van der Waals surface area contributed by atoms with Gasteiger partial charge in [0.2, 0.25) is 0 Å². The highest BCUT2D eigenvalue weighted by molar-refractivity contribution is 6.02. The van der Waals surface area contributed by atoms with E-state index in [0.29, 0.717) is 16.9 Å². The largest absolute Gasteiger partial charge is 0.488 e. The Bertz CT molecular complexity index is 1200. The van der Waals surface area contributed by atoms with Crippen LogP contribution in [0.2, 0.25) is 0 Å². The average molecular weight is 501 g/mol. The normalized spacial score (nSPS) is 12.6. The molecule has 0 fully saturated rings. The van der Waals surface area contributed by atoms with E-state index in [-0.39, 0.29) is 17.3 Å². The highest BCUT2D eigenvalue weighted by atomic mass is 16.5. The van der Waals surface area contributed by atoms with Crippen molar-refractivity contribution >= 4 is 11.8 Å². The molecule has 0 aliphatic heterocycles. The van der Waals surface area contributed by atoms with Crippen LogP contribution in [0.4, 0.5) is 0 Å². The van der Waals surface area contributed by atoms with Gasteiger partial charge < -0.3 is 9.47 Å². The fraction of sp³-hybridized carbons (Fsp3) is 0.394. The van der Waals surface area contributed by atoms with Crippen molar-refractivity contribution in [3.05, 3.63) is 95.1 Å². The van der Waals surface area contributed by atoms with Gasteiger partial charge >= 0.3 is 5.97 Å². The number of Topliss-reactive ketones (excluding diaryl/α,β-unsaturated/α-hetero) is 1. The molecule has 4 nitrogen and oxygen atoms in total. The molecule has 3 rings (SSSR count). The van der Waals surface area contributed by atoms with Crippen molar-refractivity contribution in [2.75, 3.05) is 0 Å². The van der Waals surface area contributed by atoms with Crippen molar-refractivity contribution in [2.45, 2.75) is 79.2 Å².